The van der Waals surface area contributed by atoms with Crippen molar-refractivity contribution in [3.8, 4) is 5.69 Å². The molecule has 1 fully saturated rings. The molecule has 0 saturated heterocycles. The molecule has 3 rings (SSSR count). The molecule has 94 valence electrons. The Morgan fingerprint density at radius 2 is 2.22 bits per heavy atom. The summed E-state index contributed by atoms with van der Waals surface area (Å²) in [6.45, 7) is 3.05. The van der Waals surface area contributed by atoms with Crippen molar-refractivity contribution in [1.29, 1.82) is 0 Å². The third-order valence-electron chi connectivity index (χ3n) is 3.38. The summed E-state index contributed by atoms with van der Waals surface area (Å²) in [6.07, 6.45) is 5.74. The minimum atomic E-state index is 0.735. The van der Waals surface area contributed by atoms with E-state index in [0.717, 1.165) is 30.4 Å². The quantitative estimate of drug-likeness (QED) is 0.872. The summed E-state index contributed by atoms with van der Waals surface area (Å²) < 4.78 is 1.96. The fraction of sp³-hybridized carbons (Fsp3) is 0.400. The molecule has 0 unspecified atom stereocenters. The molecule has 0 aliphatic heterocycles. The van der Waals surface area contributed by atoms with Crippen molar-refractivity contribution in [3.63, 3.8) is 0 Å². The van der Waals surface area contributed by atoms with Gasteiger partial charge >= 0.3 is 0 Å². The van der Waals surface area contributed by atoms with Crippen molar-refractivity contribution < 1.29 is 0 Å². The number of aryl methyl sites for hydroxylation is 1. The van der Waals surface area contributed by atoms with Gasteiger partial charge < -0.3 is 5.32 Å². The second-order valence-electron chi connectivity index (χ2n) is 4.93. The Labute approximate surface area is 108 Å². The number of nitrogens with zero attached hydrogens (tertiary/aromatic N) is 2. The smallest absolute Gasteiger partial charge is 0.0766 e. The molecule has 18 heavy (non-hydrogen) atoms. The average molecular weight is 241 g/mol. The van der Waals surface area contributed by atoms with Gasteiger partial charge in [-0.2, -0.15) is 5.10 Å². The van der Waals surface area contributed by atoms with Gasteiger partial charge in [0.05, 0.1) is 11.4 Å². The summed E-state index contributed by atoms with van der Waals surface area (Å²) in [5.41, 5.74) is 3.61. The molecule has 1 aliphatic carbocycles. The minimum absolute atomic E-state index is 0.735. The predicted molar refractivity (Wildman–Crippen MR) is 72.8 cm³/mol. The van der Waals surface area contributed by atoms with E-state index < -0.39 is 0 Å². The van der Waals surface area contributed by atoms with Crippen LogP contribution >= 0.6 is 0 Å². The molecule has 1 aromatic heterocycles. The van der Waals surface area contributed by atoms with Gasteiger partial charge in [0.1, 0.15) is 0 Å². The van der Waals surface area contributed by atoms with Crippen molar-refractivity contribution in [3.05, 3.63) is 47.8 Å². The normalized spacial score (nSPS) is 14.9. The van der Waals surface area contributed by atoms with Crippen molar-refractivity contribution in [2.75, 3.05) is 0 Å². The minimum Gasteiger partial charge on any atom is -0.308 e. The van der Waals surface area contributed by atoms with Crippen molar-refractivity contribution in [2.45, 2.75) is 38.8 Å². The topological polar surface area (TPSA) is 29.9 Å². The highest BCUT2D eigenvalue weighted by Crippen LogP contribution is 2.19. The van der Waals surface area contributed by atoms with Gasteiger partial charge in [0.2, 0.25) is 0 Å². The van der Waals surface area contributed by atoms with Crippen LogP contribution < -0.4 is 5.32 Å². The van der Waals surface area contributed by atoms with Gasteiger partial charge in [-0.1, -0.05) is 19.1 Å². The number of benzene rings is 1. The Kier molecular flexibility index (Phi) is 3.15. The third kappa shape index (κ3) is 2.62. The van der Waals surface area contributed by atoms with Crippen LogP contribution in [0.2, 0.25) is 0 Å². The van der Waals surface area contributed by atoms with E-state index >= 15 is 0 Å². The van der Waals surface area contributed by atoms with Gasteiger partial charge in [0, 0.05) is 18.8 Å². The van der Waals surface area contributed by atoms with Crippen LogP contribution in [0.5, 0.6) is 0 Å². The van der Waals surface area contributed by atoms with Crippen LogP contribution in [0.25, 0.3) is 5.69 Å². The predicted octanol–water partition coefficient (Wildman–Crippen LogP) is 2.69. The molecular formula is C15H19N3. The highest BCUT2D eigenvalue weighted by Gasteiger charge is 2.20. The molecule has 1 saturated carbocycles. The van der Waals surface area contributed by atoms with Gasteiger partial charge in [-0.3, -0.25) is 0 Å². The fourth-order valence-corrected chi connectivity index (χ4v) is 2.06. The van der Waals surface area contributed by atoms with E-state index in [0.29, 0.717) is 0 Å². The summed E-state index contributed by atoms with van der Waals surface area (Å²) in [5.74, 6) is 0. The summed E-state index contributed by atoms with van der Waals surface area (Å²) in [6, 6.07) is 11.4. The van der Waals surface area contributed by atoms with Crippen LogP contribution in [0.15, 0.2) is 36.5 Å². The maximum Gasteiger partial charge on any atom is 0.0766 e. The Morgan fingerprint density at radius 3 is 3.00 bits per heavy atom. The Morgan fingerprint density at radius 1 is 1.33 bits per heavy atom. The molecule has 1 aliphatic rings. The van der Waals surface area contributed by atoms with Crippen molar-refractivity contribution in [2.24, 2.45) is 0 Å². The van der Waals surface area contributed by atoms with Gasteiger partial charge in [0.15, 0.2) is 0 Å². The number of hydrogen-bond acceptors (Lipinski definition) is 2. The molecule has 1 heterocycles. The summed E-state index contributed by atoms with van der Waals surface area (Å²) in [7, 11) is 0. The Hall–Kier alpha value is -1.61. The Balaban J connectivity index is 1.74. The van der Waals surface area contributed by atoms with E-state index in [4.69, 9.17) is 0 Å². The number of hydrogen-bond donors (Lipinski definition) is 1. The van der Waals surface area contributed by atoms with Crippen LogP contribution in [0, 0.1) is 0 Å². The highest BCUT2D eigenvalue weighted by molar-refractivity contribution is 5.35. The first-order valence-electron chi connectivity index (χ1n) is 6.72. The molecule has 1 N–H and O–H groups in total. The average Bonchev–Trinajstić information content (AvgIpc) is 3.13. The standard InChI is InChI=1S/C15H19N3/c1-2-12-4-3-5-15(10-12)18-9-8-14(17-18)11-16-13-6-7-13/h3-5,8-10,13,16H,2,6-7,11H2,1H3. The molecule has 0 atom stereocenters. The first-order valence-corrected chi connectivity index (χ1v) is 6.72. The zero-order valence-electron chi connectivity index (χ0n) is 10.8. The first kappa shape index (κ1) is 11.5. The van der Waals surface area contributed by atoms with Crippen LogP contribution in [0.1, 0.15) is 31.0 Å². The van der Waals surface area contributed by atoms with E-state index in [-0.39, 0.29) is 0 Å². The first-order chi connectivity index (χ1) is 8.85. The van der Waals surface area contributed by atoms with Crippen molar-refractivity contribution >= 4 is 0 Å². The molecule has 2 aromatic rings. The van der Waals surface area contributed by atoms with Crippen molar-refractivity contribution in [1.82, 2.24) is 15.1 Å². The zero-order valence-corrected chi connectivity index (χ0v) is 10.8. The monoisotopic (exact) mass is 241 g/mol. The largest absolute Gasteiger partial charge is 0.308 e. The third-order valence-corrected chi connectivity index (χ3v) is 3.38. The number of rotatable bonds is 5. The van der Waals surface area contributed by atoms with Gasteiger partial charge in [-0.25, -0.2) is 4.68 Å². The molecule has 0 bridgehead atoms. The lowest BCUT2D eigenvalue weighted by molar-refractivity contribution is 0.665. The molecule has 0 radical (unpaired) electrons. The second kappa shape index (κ2) is 4.94. The van der Waals surface area contributed by atoms with E-state index in [1.165, 1.54) is 18.4 Å². The molecule has 3 heteroatoms. The van der Waals surface area contributed by atoms with E-state index in [1.807, 2.05) is 10.9 Å². The Bertz CT molecular complexity index is 526. The molecular weight excluding hydrogens is 222 g/mol. The summed E-state index contributed by atoms with van der Waals surface area (Å²) in [4.78, 5) is 0. The fourth-order valence-electron chi connectivity index (χ4n) is 2.06. The molecule has 0 amide bonds. The summed E-state index contributed by atoms with van der Waals surface area (Å²) in [5, 5.41) is 8.09. The van der Waals surface area contributed by atoms with Crippen LogP contribution in [-0.4, -0.2) is 15.8 Å². The highest BCUT2D eigenvalue weighted by atomic mass is 15.3. The van der Waals surface area contributed by atoms with E-state index in [1.54, 1.807) is 0 Å². The number of aromatic nitrogens is 2. The molecule has 3 nitrogen and oxygen atoms in total. The lowest BCUT2D eigenvalue weighted by atomic mass is 10.1. The lowest BCUT2D eigenvalue weighted by Gasteiger charge is -2.04. The summed E-state index contributed by atoms with van der Waals surface area (Å²) >= 11 is 0. The molecule has 0 spiro atoms. The zero-order chi connectivity index (χ0) is 12.4. The maximum absolute atomic E-state index is 4.61. The van der Waals surface area contributed by atoms with Gasteiger partial charge in [-0.05, 0) is 43.0 Å². The SMILES string of the molecule is CCc1cccc(-n2ccc(CNC3CC3)n2)c1. The second-order valence-corrected chi connectivity index (χ2v) is 4.93. The van der Waals surface area contributed by atoms with Crippen LogP contribution in [0.4, 0.5) is 0 Å². The maximum atomic E-state index is 4.61. The van der Waals surface area contributed by atoms with Crippen LogP contribution in [0.3, 0.4) is 0 Å². The lowest BCUT2D eigenvalue weighted by Crippen LogP contribution is -2.15. The van der Waals surface area contributed by atoms with Crippen LogP contribution in [-0.2, 0) is 13.0 Å². The number of nitrogens with one attached hydrogen (secondary N) is 1. The van der Waals surface area contributed by atoms with Gasteiger partial charge in [-0.15, -0.1) is 0 Å². The van der Waals surface area contributed by atoms with E-state index in [2.05, 4.69) is 47.7 Å². The van der Waals surface area contributed by atoms with Gasteiger partial charge in [0.25, 0.3) is 0 Å². The van der Waals surface area contributed by atoms with E-state index in [9.17, 15) is 0 Å². The molecule has 1 aromatic carbocycles.